The first-order valence-electron chi connectivity index (χ1n) is 6.79. The SMILES string of the molecule is CC1CCCN(S(=O)(=O)N(C)CC2CC(O)C2)C1. The van der Waals surface area contributed by atoms with Crippen molar-refractivity contribution in [3.63, 3.8) is 0 Å². The average molecular weight is 276 g/mol. The maximum Gasteiger partial charge on any atom is 0.281 e. The second-order valence-electron chi connectivity index (χ2n) is 5.88. The molecule has 5 nitrogen and oxygen atoms in total. The van der Waals surface area contributed by atoms with Gasteiger partial charge in [0.2, 0.25) is 0 Å². The molecule has 1 heterocycles. The van der Waals surface area contributed by atoms with Gasteiger partial charge in [-0.15, -0.1) is 0 Å². The van der Waals surface area contributed by atoms with E-state index in [-0.39, 0.29) is 6.10 Å². The van der Waals surface area contributed by atoms with Gasteiger partial charge in [0.25, 0.3) is 10.2 Å². The Hall–Kier alpha value is -0.170. The summed E-state index contributed by atoms with van der Waals surface area (Å²) >= 11 is 0. The highest BCUT2D eigenvalue weighted by molar-refractivity contribution is 7.86. The van der Waals surface area contributed by atoms with E-state index < -0.39 is 10.2 Å². The van der Waals surface area contributed by atoms with Crippen LogP contribution in [0.1, 0.15) is 32.6 Å². The minimum Gasteiger partial charge on any atom is -0.393 e. The molecule has 2 fully saturated rings. The number of nitrogens with zero attached hydrogens (tertiary/aromatic N) is 2. The molecule has 0 aromatic carbocycles. The monoisotopic (exact) mass is 276 g/mol. The predicted molar refractivity (Wildman–Crippen MR) is 70.3 cm³/mol. The first-order chi connectivity index (χ1) is 8.39. The van der Waals surface area contributed by atoms with Crippen molar-refractivity contribution in [1.29, 1.82) is 0 Å². The average Bonchev–Trinajstić information content (AvgIpc) is 2.26. The summed E-state index contributed by atoms with van der Waals surface area (Å²) in [6, 6.07) is 0. The molecule has 2 aliphatic rings. The molecule has 18 heavy (non-hydrogen) atoms. The molecule has 0 amide bonds. The van der Waals surface area contributed by atoms with Crippen LogP contribution < -0.4 is 0 Å². The Morgan fingerprint density at radius 1 is 1.39 bits per heavy atom. The number of hydrogen-bond donors (Lipinski definition) is 1. The molecule has 1 saturated carbocycles. The van der Waals surface area contributed by atoms with Gasteiger partial charge in [-0.05, 0) is 37.5 Å². The fourth-order valence-corrected chi connectivity index (χ4v) is 4.46. The molecular formula is C12H24N2O3S. The minimum atomic E-state index is -3.30. The van der Waals surface area contributed by atoms with Crippen LogP contribution in [-0.2, 0) is 10.2 Å². The molecule has 1 saturated heterocycles. The highest BCUT2D eigenvalue weighted by atomic mass is 32.2. The number of aliphatic hydroxyl groups excluding tert-OH is 1. The Morgan fingerprint density at radius 2 is 2.06 bits per heavy atom. The van der Waals surface area contributed by atoms with Gasteiger partial charge in [-0.2, -0.15) is 17.0 Å². The van der Waals surface area contributed by atoms with E-state index in [4.69, 9.17) is 0 Å². The summed E-state index contributed by atoms with van der Waals surface area (Å²) in [7, 11) is -1.65. The van der Waals surface area contributed by atoms with Gasteiger partial charge in [-0.3, -0.25) is 0 Å². The van der Waals surface area contributed by atoms with E-state index in [0.717, 1.165) is 25.7 Å². The van der Waals surface area contributed by atoms with Crippen molar-refractivity contribution in [3.8, 4) is 0 Å². The molecule has 0 aromatic heterocycles. The summed E-state index contributed by atoms with van der Waals surface area (Å²) in [6.45, 7) is 3.92. The van der Waals surface area contributed by atoms with E-state index in [1.165, 1.54) is 4.31 Å². The zero-order valence-electron chi connectivity index (χ0n) is 11.2. The molecule has 0 spiro atoms. The molecule has 2 rings (SSSR count). The van der Waals surface area contributed by atoms with E-state index in [9.17, 15) is 13.5 Å². The van der Waals surface area contributed by atoms with Crippen LogP contribution in [0.5, 0.6) is 0 Å². The molecule has 1 aliphatic heterocycles. The van der Waals surface area contributed by atoms with Crippen LogP contribution in [0.3, 0.4) is 0 Å². The van der Waals surface area contributed by atoms with Gasteiger partial charge in [0.1, 0.15) is 0 Å². The lowest BCUT2D eigenvalue weighted by Gasteiger charge is -2.37. The Bertz CT molecular complexity index is 379. The summed E-state index contributed by atoms with van der Waals surface area (Å²) < 4.78 is 27.8. The quantitative estimate of drug-likeness (QED) is 0.821. The summed E-state index contributed by atoms with van der Waals surface area (Å²) in [5.41, 5.74) is 0. The summed E-state index contributed by atoms with van der Waals surface area (Å²) in [5, 5.41) is 9.24. The Balaban J connectivity index is 1.92. The zero-order chi connectivity index (χ0) is 13.3. The molecule has 1 aliphatic carbocycles. The van der Waals surface area contributed by atoms with Gasteiger partial charge in [0.05, 0.1) is 6.10 Å². The van der Waals surface area contributed by atoms with Gasteiger partial charge in [0.15, 0.2) is 0 Å². The molecule has 0 bridgehead atoms. The second kappa shape index (κ2) is 5.45. The van der Waals surface area contributed by atoms with Gasteiger partial charge < -0.3 is 5.11 Å². The van der Waals surface area contributed by atoms with Crippen LogP contribution in [0.2, 0.25) is 0 Å². The number of hydrogen-bond acceptors (Lipinski definition) is 3. The molecule has 1 N–H and O–H groups in total. The molecular weight excluding hydrogens is 252 g/mol. The van der Waals surface area contributed by atoms with Gasteiger partial charge in [-0.25, -0.2) is 0 Å². The van der Waals surface area contributed by atoms with Gasteiger partial charge in [-0.1, -0.05) is 6.92 Å². The first kappa shape index (κ1) is 14.2. The number of rotatable bonds is 4. The van der Waals surface area contributed by atoms with Crippen molar-refractivity contribution < 1.29 is 13.5 Å². The highest BCUT2D eigenvalue weighted by Crippen LogP contribution is 2.29. The lowest BCUT2D eigenvalue weighted by Crippen LogP contribution is -2.48. The maximum atomic E-state index is 12.4. The van der Waals surface area contributed by atoms with E-state index in [1.54, 1.807) is 11.4 Å². The molecule has 0 aromatic rings. The second-order valence-corrected chi connectivity index (χ2v) is 7.92. The number of piperidine rings is 1. The van der Waals surface area contributed by atoms with Gasteiger partial charge in [0, 0.05) is 26.7 Å². The van der Waals surface area contributed by atoms with Crippen LogP contribution in [0, 0.1) is 11.8 Å². The van der Waals surface area contributed by atoms with Crippen molar-refractivity contribution in [2.24, 2.45) is 11.8 Å². The Kier molecular flexibility index (Phi) is 4.31. The highest BCUT2D eigenvalue weighted by Gasteiger charge is 2.34. The van der Waals surface area contributed by atoms with Crippen LogP contribution in [0.25, 0.3) is 0 Å². The molecule has 1 atom stereocenters. The zero-order valence-corrected chi connectivity index (χ0v) is 12.1. The van der Waals surface area contributed by atoms with Crippen molar-refractivity contribution >= 4 is 10.2 Å². The van der Waals surface area contributed by atoms with Crippen molar-refractivity contribution in [1.82, 2.24) is 8.61 Å². The van der Waals surface area contributed by atoms with E-state index in [1.807, 2.05) is 0 Å². The fourth-order valence-electron chi connectivity index (χ4n) is 2.86. The maximum absolute atomic E-state index is 12.4. The molecule has 6 heteroatoms. The van der Waals surface area contributed by atoms with Gasteiger partial charge >= 0.3 is 0 Å². The lowest BCUT2D eigenvalue weighted by molar-refractivity contribution is 0.0360. The predicted octanol–water partition coefficient (Wildman–Crippen LogP) is 0.666. The summed E-state index contributed by atoms with van der Waals surface area (Å²) in [5.74, 6) is 0.773. The Morgan fingerprint density at radius 3 is 2.61 bits per heavy atom. The number of aliphatic hydroxyl groups is 1. The first-order valence-corrected chi connectivity index (χ1v) is 8.18. The smallest absolute Gasteiger partial charge is 0.281 e. The van der Waals surface area contributed by atoms with Crippen LogP contribution in [0.4, 0.5) is 0 Å². The van der Waals surface area contributed by atoms with Crippen molar-refractivity contribution in [2.75, 3.05) is 26.7 Å². The van der Waals surface area contributed by atoms with Crippen LogP contribution in [-0.4, -0.2) is 54.9 Å². The lowest BCUT2D eigenvalue weighted by atomic mass is 9.82. The third-order valence-corrected chi connectivity index (χ3v) is 5.99. The third-order valence-electron chi connectivity index (χ3n) is 4.07. The van der Waals surface area contributed by atoms with Crippen LogP contribution >= 0.6 is 0 Å². The van der Waals surface area contributed by atoms with Crippen molar-refractivity contribution in [2.45, 2.75) is 38.7 Å². The molecule has 106 valence electrons. The minimum absolute atomic E-state index is 0.221. The normalized spacial score (nSPS) is 34.6. The van der Waals surface area contributed by atoms with E-state index in [2.05, 4.69) is 6.92 Å². The molecule has 0 radical (unpaired) electrons. The fraction of sp³-hybridized carbons (Fsp3) is 1.00. The van der Waals surface area contributed by atoms with Crippen molar-refractivity contribution in [3.05, 3.63) is 0 Å². The standard InChI is InChI=1S/C12H24N2O3S/c1-10-4-3-5-14(8-10)18(16,17)13(2)9-11-6-12(15)7-11/h10-12,15H,3-9H2,1-2H3. The summed E-state index contributed by atoms with van der Waals surface area (Å²) in [4.78, 5) is 0. The Labute approximate surface area is 110 Å². The molecule has 1 unspecified atom stereocenters. The van der Waals surface area contributed by atoms with E-state index >= 15 is 0 Å². The topological polar surface area (TPSA) is 60.9 Å². The summed E-state index contributed by atoms with van der Waals surface area (Å²) in [6.07, 6.45) is 3.31. The third kappa shape index (κ3) is 3.04. The largest absolute Gasteiger partial charge is 0.393 e. The van der Waals surface area contributed by atoms with Crippen LogP contribution in [0.15, 0.2) is 0 Å². The van der Waals surface area contributed by atoms with E-state index in [0.29, 0.717) is 31.5 Å².